The van der Waals surface area contributed by atoms with Crippen LogP contribution in [0.5, 0.6) is 11.5 Å². The molecule has 0 saturated heterocycles. The zero-order chi connectivity index (χ0) is 20.5. The maximum Gasteiger partial charge on any atom is 0.255 e. The highest BCUT2D eigenvalue weighted by atomic mass is 16.5. The maximum absolute atomic E-state index is 13.4. The van der Waals surface area contributed by atoms with Crippen LogP contribution in [0.4, 0.5) is 11.6 Å². The molecule has 148 valence electrons. The average Bonchev–Trinajstić information content (AvgIpc) is 3.15. The number of benzene rings is 2. The van der Waals surface area contributed by atoms with Gasteiger partial charge in [0.2, 0.25) is 5.95 Å². The second-order valence-corrected chi connectivity index (χ2v) is 6.84. The number of aromatic nitrogens is 3. The maximum atomic E-state index is 13.4. The minimum Gasteiger partial charge on any atom is -0.508 e. The van der Waals surface area contributed by atoms with Crippen LogP contribution in [0.3, 0.4) is 0 Å². The highest BCUT2D eigenvalue weighted by Crippen LogP contribution is 2.36. The van der Waals surface area contributed by atoms with Crippen molar-refractivity contribution in [2.75, 3.05) is 17.7 Å². The Morgan fingerprint density at radius 1 is 1.21 bits per heavy atom. The van der Waals surface area contributed by atoms with Gasteiger partial charge in [-0.3, -0.25) is 4.79 Å². The first-order valence-electron chi connectivity index (χ1n) is 9.10. The minimum absolute atomic E-state index is 0.151. The summed E-state index contributed by atoms with van der Waals surface area (Å²) in [5, 5.41) is 20.1. The number of hydrogen-bond acceptors (Lipinski definition) is 6. The summed E-state index contributed by atoms with van der Waals surface area (Å²) in [5.41, 5.74) is 3.57. The van der Waals surface area contributed by atoms with Gasteiger partial charge < -0.3 is 20.5 Å². The van der Waals surface area contributed by atoms with E-state index in [0.717, 1.165) is 11.1 Å². The molecule has 0 saturated carbocycles. The van der Waals surface area contributed by atoms with Crippen LogP contribution >= 0.6 is 0 Å². The van der Waals surface area contributed by atoms with Gasteiger partial charge in [-0.1, -0.05) is 18.2 Å². The first kappa shape index (κ1) is 18.5. The number of nitrogens with one attached hydrogen (secondary N) is 2. The van der Waals surface area contributed by atoms with E-state index in [1.54, 1.807) is 36.1 Å². The molecule has 1 atom stereocenters. The van der Waals surface area contributed by atoms with Gasteiger partial charge in [0.25, 0.3) is 5.91 Å². The van der Waals surface area contributed by atoms with E-state index in [9.17, 15) is 9.90 Å². The Hall–Kier alpha value is -3.81. The Labute approximate surface area is 167 Å². The van der Waals surface area contributed by atoms with E-state index in [2.05, 4.69) is 20.7 Å². The molecule has 1 aliphatic rings. The topological polar surface area (TPSA) is 101 Å². The number of amides is 1. The van der Waals surface area contributed by atoms with Gasteiger partial charge in [0.05, 0.1) is 18.4 Å². The molecule has 0 aliphatic carbocycles. The number of methoxy groups -OCH3 is 1. The van der Waals surface area contributed by atoms with Crippen molar-refractivity contribution in [3.05, 3.63) is 71.2 Å². The Balaban J connectivity index is 1.76. The van der Waals surface area contributed by atoms with Crippen LogP contribution in [0.15, 0.2) is 60.1 Å². The van der Waals surface area contributed by atoms with Crippen molar-refractivity contribution in [2.45, 2.75) is 19.9 Å². The summed E-state index contributed by atoms with van der Waals surface area (Å²) in [6.45, 7) is 3.77. The van der Waals surface area contributed by atoms with Crippen LogP contribution in [-0.2, 0) is 4.79 Å². The predicted octanol–water partition coefficient (Wildman–Crippen LogP) is 3.23. The Morgan fingerprint density at radius 3 is 2.69 bits per heavy atom. The van der Waals surface area contributed by atoms with Gasteiger partial charge in [0.15, 0.2) is 0 Å². The molecule has 3 N–H and O–H groups in total. The van der Waals surface area contributed by atoms with Crippen LogP contribution < -0.4 is 15.4 Å². The number of ether oxygens (including phenoxy) is 1. The zero-order valence-corrected chi connectivity index (χ0v) is 16.3. The van der Waals surface area contributed by atoms with Crippen LogP contribution in [-0.4, -0.2) is 32.9 Å². The number of carbonyl (C=O) groups excluding carboxylic acids is 1. The molecule has 0 spiro atoms. The first-order chi connectivity index (χ1) is 14.0. The fourth-order valence-corrected chi connectivity index (χ4v) is 3.46. The molecule has 29 heavy (non-hydrogen) atoms. The van der Waals surface area contributed by atoms with Gasteiger partial charge in [-0.15, -0.1) is 0 Å². The zero-order valence-electron chi connectivity index (χ0n) is 16.3. The lowest BCUT2D eigenvalue weighted by Gasteiger charge is -2.29. The number of hydrogen-bond donors (Lipinski definition) is 3. The minimum atomic E-state index is -0.495. The van der Waals surface area contributed by atoms with Crippen LogP contribution in [0.25, 0.3) is 0 Å². The molecule has 2 heterocycles. The van der Waals surface area contributed by atoms with Crippen molar-refractivity contribution >= 4 is 17.5 Å². The molecule has 0 unspecified atom stereocenters. The predicted molar refractivity (Wildman–Crippen MR) is 109 cm³/mol. The molecule has 3 aromatic rings. The number of nitrogens with zero attached hydrogens (tertiary/aromatic N) is 3. The lowest BCUT2D eigenvalue weighted by molar-refractivity contribution is -0.113. The van der Waals surface area contributed by atoms with E-state index in [0.29, 0.717) is 28.7 Å². The van der Waals surface area contributed by atoms with E-state index < -0.39 is 6.04 Å². The van der Waals surface area contributed by atoms with Gasteiger partial charge in [0, 0.05) is 5.70 Å². The van der Waals surface area contributed by atoms with Crippen molar-refractivity contribution in [3.8, 4) is 11.5 Å². The quantitative estimate of drug-likeness (QED) is 0.631. The van der Waals surface area contributed by atoms with E-state index in [1.807, 2.05) is 32.0 Å². The largest absolute Gasteiger partial charge is 0.508 e. The van der Waals surface area contributed by atoms with E-state index >= 15 is 0 Å². The average molecular weight is 391 g/mol. The van der Waals surface area contributed by atoms with Gasteiger partial charge >= 0.3 is 0 Å². The van der Waals surface area contributed by atoms with E-state index in [-0.39, 0.29) is 11.7 Å². The molecule has 0 bridgehead atoms. The van der Waals surface area contributed by atoms with E-state index in [4.69, 9.17) is 4.74 Å². The first-order valence-corrected chi connectivity index (χ1v) is 9.10. The van der Waals surface area contributed by atoms with Crippen molar-refractivity contribution in [2.24, 2.45) is 0 Å². The Morgan fingerprint density at radius 2 is 1.97 bits per heavy atom. The molecular weight excluding hydrogens is 370 g/mol. The van der Waals surface area contributed by atoms with Crippen molar-refractivity contribution < 1.29 is 14.6 Å². The number of phenolic OH excluding ortho intramolecular Hbond substituents is 1. The third kappa shape index (κ3) is 3.40. The lowest BCUT2D eigenvalue weighted by atomic mass is 9.95. The third-order valence-electron chi connectivity index (χ3n) is 4.85. The molecule has 1 amide bonds. The smallest absolute Gasteiger partial charge is 0.255 e. The van der Waals surface area contributed by atoms with Gasteiger partial charge in [-0.25, -0.2) is 4.68 Å². The fraction of sp³-hybridized carbons (Fsp3) is 0.190. The SMILES string of the molecule is COc1ccc(C)cc1NC(=O)C1=C(C)Nc2ncnn2[C@@H]1c1ccc(O)cc1. The molecule has 8 heteroatoms. The molecule has 1 aromatic heterocycles. The van der Waals surface area contributed by atoms with Gasteiger partial charge in [-0.2, -0.15) is 10.1 Å². The summed E-state index contributed by atoms with van der Waals surface area (Å²) in [6, 6.07) is 11.8. The molecule has 2 aromatic carbocycles. The number of fused-ring (bicyclic) bond motifs is 1. The molecule has 8 nitrogen and oxygen atoms in total. The van der Waals surface area contributed by atoms with Crippen molar-refractivity contribution in [1.29, 1.82) is 0 Å². The molecule has 0 fully saturated rings. The second kappa shape index (κ2) is 7.31. The molecule has 1 aliphatic heterocycles. The highest BCUT2D eigenvalue weighted by Gasteiger charge is 2.33. The van der Waals surface area contributed by atoms with E-state index in [1.165, 1.54) is 6.33 Å². The Bertz CT molecular complexity index is 1100. The third-order valence-corrected chi connectivity index (χ3v) is 4.85. The summed E-state index contributed by atoms with van der Waals surface area (Å²) in [6.07, 6.45) is 1.44. The fourth-order valence-electron chi connectivity index (χ4n) is 3.46. The van der Waals surface area contributed by atoms with Crippen molar-refractivity contribution in [1.82, 2.24) is 14.8 Å². The number of allylic oxidation sites excluding steroid dienone is 1. The standard InChI is InChI=1S/C21H21N5O3/c1-12-4-9-17(29-3)16(10-12)25-20(28)18-13(2)24-21-22-11-23-26(21)19(18)14-5-7-15(27)8-6-14/h4-11,19,27H,1-3H3,(H,25,28)(H,22,23,24)/t19-/m1/s1. The van der Waals surface area contributed by atoms with Crippen molar-refractivity contribution in [3.63, 3.8) is 0 Å². The van der Waals surface area contributed by atoms with Gasteiger partial charge in [0.1, 0.15) is 23.9 Å². The number of rotatable bonds is 4. The number of phenols is 1. The number of carbonyl (C=O) groups is 1. The summed E-state index contributed by atoms with van der Waals surface area (Å²) < 4.78 is 7.04. The van der Waals surface area contributed by atoms with Crippen LogP contribution in [0, 0.1) is 6.92 Å². The molecule has 4 rings (SSSR count). The van der Waals surface area contributed by atoms with Gasteiger partial charge in [-0.05, 0) is 49.2 Å². The summed E-state index contributed by atoms with van der Waals surface area (Å²) in [7, 11) is 1.56. The Kier molecular flexibility index (Phi) is 4.67. The summed E-state index contributed by atoms with van der Waals surface area (Å²) in [4.78, 5) is 17.6. The summed E-state index contributed by atoms with van der Waals surface area (Å²) in [5.74, 6) is 0.995. The number of aryl methyl sites for hydroxylation is 1. The summed E-state index contributed by atoms with van der Waals surface area (Å²) >= 11 is 0. The second-order valence-electron chi connectivity index (χ2n) is 6.84. The number of aromatic hydroxyl groups is 1. The monoisotopic (exact) mass is 391 g/mol. The molecule has 0 radical (unpaired) electrons. The highest BCUT2D eigenvalue weighted by molar-refractivity contribution is 6.06. The lowest BCUT2D eigenvalue weighted by Crippen LogP contribution is -2.31. The van der Waals surface area contributed by atoms with Crippen LogP contribution in [0.1, 0.15) is 24.1 Å². The normalized spacial score (nSPS) is 15.5. The van der Waals surface area contributed by atoms with Crippen LogP contribution in [0.2, 0.25) is 0 Å². The molecular formula is C21H21N5O3. The number of anilines is 2.